The summed E-state index contributed by atoms with van der Waals surface area (Å²) in [5.74, 6) is 0.838. The molecular formula is C17H19N3O3. The highest BCUT2D eigenvalue weighted by molar-refractivity contribution is 5.79. The molecule has 1 aliphatic rings. The summed E-state index contributed by atoms with van der Waals surface area (Å²) >= 11 is 0. The van der Waals surface area contributed by atoms with E-state index >= 15 is 0 Å². The van der Waals surface area contributed by atoms with E-state index in [9.17, 15) is 4.79 Å². The summed E-state index contributed by atoms with van der Waals surface area (Å²) in [4.78, 5) is 22.7. The van der Waals surface area contributed by atoms with Crippen LogP contribution < -0.4 is 4.74 Å². The summed E-state index contributed by atoms with van der Waals surface area (Å²) in [7, 11) is 1.62. The van der Waals surface area contributed by atoms with Crippen molar-refractivity contribution in [1.82, 2.24) is 14.9 Å². The van der Waals surface area contributed by atoms with Crippen molar-refractivity contribution >= 4 is 5.91 Å². The standard InChI is InChI=1S/C17H19N3O3/c1-22-14-4-2-3-13(9-14)10-17(21)20-7-8-23-16(12-20)15-11-18-5-6-19-15/h2-6,9,11,16H,7-8,10,12H2,1H3. The van der Waals surface area contributed by atoms with Gasteiger partial charge >= 0.3 is 0 Å². The highest BCUT2D eigenvalue weighted by Crippen LogP contribution is 2.21. The maximum absolute atomic E-state index is 12.5. The van der Waals surface area contributed by atoms with Crippen molar-refractivity contribution in [3.05, 3.63) is 54.1 Å². The van der Waals surface area contributed by atoms with E-state index in [1.54, 1.807) is 25.7 Å². The van der Waals surface area contributed by atoms with Gasteiger partial charge in [0.1, 0.15) is 11.9 Å². The first kappa shape index (κ1) is 15.4. The fourth-order valence-electron chi connectivity index (χ4n) is 2.60. The van der Waals surface area contributed by atoms with Crippen LogP contribution in [0, 0.1) is 0 Å². The number of ether oxygens (including phenoxy) is 2. The number of amides is 1. The van der Waals surface area contributed by atoms with Crippen molar-refractivity contribution in [1.29, 1.82) is 0 Å². The van der Waals surface area contributed by atoms with E-state index in [0.29, 0.717) is 26.1 Å². The van der Waals surface area contributed by atoms with Crippen LogP contribution in [0.2, 0.25) is 0 Å². The number of morpholine rings is 1. The Morgan fingerprint density at radius 1 is 1.43 bits per heavy atom. The minimum Gasteiger partial charge on any atom is -0.497 e. The summed E-state index contributed by atoms with van der Waals surface area (Å²) in [6, 6.07) is 7.58. The van der Waals surface area contributed by atoms with Crippen LogP contribution in [-0.4, -0.2) is 47.6 Å². The van der Waals surface area contributed by atoms with Gasteiger partial charge in [0.2, 0.25) is 5.91 Å². The summed E-state index contributed by atoms with van der Waals surface area (Å²) < 4.78 is 10.9. The van der Waals surface area contributed by atoms with Crippen LogP contribution in [-0.2, 0) is 16.0 Å². The summed E-state index contributed by atoms with van der Waals surface area (Å²) in [6.07, 6.45) is 5.07. The number of carbonyl (C=O) groups is 1. The fourth-order valence-corrected chi connectivity index (χ4v) is 2.60. The second kappa shape index (κ2) is 7.19. The Morgan fingerprint density at radius 3 is 3.13 bits per heavy atom. The molecule has 0 N–H and O–H groups in total. The number of aromatic nitrogens is 2. The molecule has 2 heterocycles. The van der Waals surface area contributed by atoms with Gasteiger partial charge in [-0.15, -0.1) is 0 Å². The second-order valence-electron chi connectivity index (χ2n) is 5.36. The van der Waals surface area contributed by atoms with Crippen LogP contribution in [0.4, 0.5) is 0 Å². The lowest BCUT2D eigenvalue weighted by Crippen LogP contribution is -2.43. The first-order valence-electron chi connectivity index (χ1n) is 7.54. The van der Waals surface area contributed by atoms with E-state index in [4.69, 9.17) is 9.47 Å². The molecule has 1 amide bonds. The minimum absolute atomic E-state index is 0.0791. The third-order valence-electron chi connectivity index (χ3n) is 3.82. The van der Waals surface area contributed by atoms with Gasteiger partial charge in [-0.25, -0.2) is 0 Å². The van der Waals surface area contributed by atoms with Gasteiger partial charge in [0.05, 0.1) is 38.6 Å². The summed E-state index contributed by atoms with van der Waals surface area (Å²) in [6.45, 7) is 1.60. The predicted molar refractivity (Wildman–Crippen MR) is 84.0 cm³/mol. The van der Waals surface area contributed by atoms with Crippen molar-refractivity contribution in [3.8, 4) is 5.75 Å². The molecule has 1 aromatic heterocycles. The van der Waals surface area contributed by atoms with E-state index in [2.05, 4.69) is 9.97 Å². The van der Waals surface area contributed by atoms with Crippen LogP contribution in [0.1, 0.15) is 17.4 Å². The van der Waals surface area contributed by atoms with Crippen molar-refractivity contribution in [2.45, 2.75) is 12.5 Å². The van der Waals surface area contributed by atoms with Gasteiger partial charge < -0.3 is 14.4 Å². The molecular weight excluding hydrogens is 294 g/mol. The summed E-state index contributed by atoms with van der Waals surface area (Å²) in [5, 5.41) is 0. The zero-order valence-electron chi connectivity index (χ0n) is 13.0. The third-order valence-corrected chi connectivity index (χ3v) is 3.82. The maximum Gasteiger partial charge on any atom is 0.227 e. The van der Waals surface area contributed by atoms with E-state index in [1.165, 1.54) is 0 Å². The Balaban J connectivity index is 1.65. The van der Waals surface area contributed by atoms with Crippen LogP contribution in [0.3, 0.4) is 0 Å². The zero-order chi connectivity index (χ0) is 16.1. The van der Waals surface area contributed by atoms with Gasteiger partial charge in [0.15, 0.2) is 0 Å². The monoisotopic (exact) mass is 313 g/mol. The second-order valence-corrected chi connectivity index (χ2v) is 5.36. The van der Waals surface area contributed by atoms with Crippen LogP contribution >= 0.6 is 0 Å². The van der Waals surface area contributed by atoms with Crippen LogP contribution in [0.5, 0.6) is 5.75 Å². The van der Waals surface area contributed by atoms with Gasteiger partial charge in [-0.1, -0.05) is 12.1 Å². The van der Waals surface area contributed by atoms with E-state index in [0.717, 1.165) is 17.0 Å². The Labute approximate surface area is 135 Å². The van der Waals surface area contributed by atoms with Gasteiger partial charge in [0, 0.05) is 18.9 Å². The van der Waals surface area contributed by atoms with Gasteiger partial charge in [-0.05, 0) is 17.7 Å². The minimum atomic E-state index is -0.216. The number of hydrogen-bond acceptors (Lipinski definition) is 5. The van der Waals surface area contributed by atoms with Gasteiger partial charge in [-0.3, -0.25) is 14.8 Å². The molecule has 0 spiro atoms. The average molecular weight is 313 g/mol. The third kappa shape index (κ3) is 3.84. The molecule has 0 bridgehead atoms. The number of nitrogens with zero attached hydrogens (tertiary/aromatic N) is 3. The largest absolute Gasteiger partial charge is 0.497 e. The molecule has 1 unspecified atom stereocenters. The molecule has 3 rings (SSSR count). The zero-order valence-corrected chi connectivity index (χ0v) is 13.0. The molecule has 1 atom stereocenters. The lowest BCUT2D eigenvalue weighted by Gasteiger charge is -2.32. The van der Waals surface area contributed by atoms with Crippen molar-refractivity contribution < 1.29 is 14.3 Å². The maximum atomic E-state index is 12.5. The molecule has 0 radical (unpaired) electrons. The highest BCUT2D eigenvalue weighted by Gasteiger charge is 2.26. The smallest absolute Gasteiger partial charge is 0.227 e. The summed E-state index contributed by atoms with van der Waals surface area (Å²) in [5.41, 5.74) is 1.70. The Morgan fingerprint density at radius 2 is 2.35 bits per heavy atom. The normalized spacial score (nSPS) is 17.8. The number of carbonyl (C=O) groups excluding carboxylic acids is 1. The topological polar surface area (TPSA) is 64.5 Å². The van der Waals surface area contributed by atoms with Crippen molar-refractivity contribution in [2.24, 2.45) is 0 Å². The SMILES string of the molecule is COc1cccc(CC(=O)N2CCOC(c3cnccn3)C2)c1. The Hall–Kier alpha value is -2.47. The molecule has 23 heavy (non-hydrogen) atoms. The van der Waals surface area contributed by atoms with Crippen LogP contribution in [0.15, 0.2) is 42.9 Å². The molecule has 1 aliphatic heterocycles. The Bertz CT molecular complexity index is 663. The molecule has 1 aromatic carbocycles. The molecule has 2 aromatic rings. The predicted octanol–water partition coefficient (Wildman–Crippen LogP) is 1.63. The number of benzene rings is 1. The lowest BCUT2D eigenvalue weighted by atomic mass is 10.1. The van der Waals surface area contributed by atoms with E-state index in [1.807, 2.05) is 29.2 Å². The van der Waals surface area contributed by atoms with Crippen molar-refractivity contribution in [2.75, 3.05) is 26.8 Å². The molecule has 120 valence electrons. The molecule has 1 saturated heterocycles. The average Bonchev–Trinajstić information content (AvgIpc) is 2.63. The quantitative estimate of drug-likeness (QED) is 0.858. The number of rotatable bonds is 4. The van der Waals surface area contributed by atoms with Crippen molar-refractivity contribution in [3.63, 3.8) is 0 Å². The number of methoxy groups -OCH3 is 1. The molecule has 1 fully saturated rings. The molecule has 6 nitrogen and oxygen atoms in total. The lowest BCUT2D eigenvalue weighted by molar-refractivity contribution is -0.138. The van der Waals surface area contributed by atoms with Crippen LogP contribution in [0.25, 0.3) is 0 Å². The fraction of sp³-hybridized carbons (Fsp3) is 0.353. The van der Waals surface area contributed by atoms with E-state index < -0.39 is 0 Å². The molecule has 0 aliphatic carbocycles. The molecule has 0 saturated carbocycles. The first-order valence-corrected chi connectivity index (χ1v) is 7.54. The molecule has 6 heteroatoms. The highest BCUT2D eigenvalue weighted by atomic mass is 16.5. The Kier molecular flexibility index (Phi) is 4.83. The van der Waals surface area contributed by atoms with Gasteiger partial charge in [-0.2, -0.15) is 0 Å². The first-order chi connectivity index (χ1) is 11.3. The van der Waals surface area contributed by atoms with Gasteiger partial charge in [0.25, 0.3) is 0 Å². The number of hydrogen-bond donors (Lipinski definition) is 0. The van der Waals surface area contributed by atoms with E-state index in [-0.39, 0.29) is 12.0 Å².